The highest BCUT2D eigenvalue weighted by Crippen LogP contribution is 2.33. The highest BCUT2D eigenvalue weighted by Gasteiger charge is 2.29. The number of alkyl halides is 1. The van der Waals surface area contributed by atoms with Crippen LogP contribution < -0.4 is 5.73 Å². The molecule has 1 fully saturated rings. The average molecular weight is 250 g/mol. The van der Waals surface area contributed by atoms with Crippen LogP contribution in [-0.2, 0) is 6.42 Å². The van der Waals surface area contributed by atoms with Gasteiger partial charge in [0.2, 0.25) is 0 Å². The topological polar surface area (TPSA) is 29.3 Å². The molecule has 1 aromatic rings. The normalized spacial score (nSPS) is 24.6. The highest BCUT2D eigenvalue weighted by molar-refractivity contribution is 5.26. The molecule has 0 saturated carbocycles. The predicted molar refractivity (Wildman–Crippen MR) is 73.3 cm³/mol. The first-order valence-electron chi connectivity index (χ1n) is 6.79. The van der Waals surface area contributed by atoms with E-state index in [-0.39, 0.29) is 6.67 Å². The van der Waals surface area contributed by atoms with E-state index in [0.717, 1.165) is 25.9 Å². The maximum Gasteiger partial charge on any atom is 0.0897 e. The minimum atomic E-state index is -0.231. The fourth-order valence-corrected chi connectivity index (χ4v) is 2.84. The third kappa shape index (κ3) is 3.09. The van der Waals surface area contributed by atoms with Gasteiger partial charge in [-0.2, -0.15) is 0 Å². The van der Waals surface area contributed by atoms with E-state index in [4.69, 9.17) is 5.73 Å². The molecule has 0 radical (unpaired) electrons. The molecule has 100 valence electrons. The summed E-state index contributed by atoms with van der Waals surface area (Å²) in [4.78, 5) is 2.38. The average Bonchev–Trinajstić information content (AvgIpc) is 2.78. The Balaban J connectivity index is 2.01. The van der Waals surface area contributed by atoms with E-state index >= 15 is 0 Å². The summed E-state index contributed by atoms with van der Waals surface area (Å²) in [6, 6.07) is 9.14. The second kappa shape index (κ2) is 6.30. The van der Waals surface area contributed by atoms with Crippen LogP contribution in [0.4, 0.5) is 4.39 Å². The highest BCUT2D eigenvalue weighted by atomic mass is 19.1. The van der Waals surface area contributed by atoms with Crippen LogP contribution in [0.1, 0.15) is 30.0 Å². The molecule has 2 rings (SSSR count). The number of nitrogens with zero attached hydrogens (tertiary/aromatic N) is 1. The van der Waals surface area contributed by atoms with Crippen molar-refractivity contribution >= 4 is 0 Å². The van der Waals surface area contributed by atoms with E-state index < -0.39 is 0 Å². The molecule has 2 nitrogen and oxygen atoms in total. The number of aryl methyl sites for hydroxylation is 1. The zero-order valence-electron chi connectivity index (χ0n) is 11.1. The van der Waals surface area contributed by atoms with Crippen LogP contribution in [0, 0.1) is 5.92 Å². The van der Waals surface area contributed by atoms with E-state index in [1.807, 2.05) is 0 Å². The first-order chi connectivity index (χ1) is 8.74. The van der Waals surface area contributed by atoms with Gasteiger partial charge < -0.3 is 5.73 Å². The summed E-state index contributed by atoms with van der Waals surface area (Å²) in [5.74, 6) is 0.617. The van der Waals surface area contributed by atoms with E-state index in [0.29, 0.717) is 18.4 Å². The molecule has 0 aliphatic carbocycles. The van der Waals surface area contributed by atoms with Crippen molar-refractivity contribution in [2.24, 2.45) is 11.7 Å². The molecule has 0 amide bonds. The monoisotopic (exact) mass is 250 g/mol. The van der Waals surface area contributed by atoms with Crippen molar-refractivity contribution in [1.82, 2.24) is 4.90 Å². The first kappa shape index (κ1) is 13.5. The molecule has 0 aromatic heterocycles. The lowest BCUT2D eigenvalue weighted by molar-refractivity contribution is 0.313. The molecule has 2 unspecified atom stereocenters. The molecule has 2 atom stereocenters. The second-order valence-corrected chi connectivity index (χ2v) is 5.33. The molecule has 2 N–H and O–H groups in total. The van der Waals surface area contributed by atoms with Crippen molar-refractivity contribution in [3.05, 3.63) is 35.4 Å². The summed E-state index contributed by atoms with van der Waals surface area (Å²) in [7, 11) is 2.16. The zero-order chi connectivity index (χ0) is 13.0. The van der Waals surface area contributed by atoms with Crippen molar-refractivity contribution < 1.29 is 4.39 Å². The van der Waals surface area contributed by atoms with E-state index in [9.17, 15) is 4.39 Å². The molecule has 1 aliphatic rings. The van der Waals surface area contributed by atoms with Crippen LogP contribution in [0.15, 0.2) is 24.3 Å². The Bertz CT molecular complexity index is 363. The lowest BCUT2D eigenvalue weighted by Gasteiger charge is -2.19. The molecule has 1 heterocycles. The number of benzene rings is 1. The number of rotatable bonds is 5. The maximum atomic E-state index is 12.1. The Morgan fingerprint density at radius 2 is 2.06 bits per heavy atom. The molecule has 18 heavy (non-hydrogen) atoms. The Kier molecular flexibility index (Phi) is 4.72. The largest absolute Gasteiger partial charge is 0.330 e. The van der Waals surface area contributed by atoms with Gasteiger partial charge in [-0.3, -0.25) is 9.29 Å². The van der Waals surface area contributed by atoms with Crippen molar-refractivity contribution in [1.29, 1.82) is 0 Å². The molecule has 1 saturated heterocycles. The van der Waals surface area contributed by atoms with E-state index in [1.165, 1.54) is 11.1 Å². The number of hydrogen-bond donors (Lipinski definition) is 1. The Labute approximate surface area is 109 Å². The van der Waals surface area contributed by atoms with Gasteiger partial charge in [-0.15, -0.1) is 0 Å². The lowest BCUT2D eigenvalue weighted by Crippen LogP contribution is -2.20. The van der Waals surface area contributed by atoms with Crippen LogP contribution in [-0.4, -0.2) is 31.7 Å². The van der Waals surface area contributed by atoms with Crippen LogP contribution in [0.3, 0.4) is 0 Å². The van der Waals surface area contributed by atoms with Crippen molar-refractivity contribution in [2.75, 3.05) is 26.8 Å². The summed E-state index contributed by atoms with van der Waals surface area (Å²) >= 11 is 0. The first-order valence-corrected chi connectivity index (χ1v) is 6.79. The van der Waals surface area contributed by atoms with Gasteiger partial charge in [-0.05, 0) is 49.9 Å². The summed E-state index contributed by atoms with van der Waals surface area (Å²) in [5, 5.41) is 0. The number of hydrogen-bond acceptors (Lipinski definition) is 2. The smallest absolute Gasteiger partial charge is 0.0897 e. The minimum absolute atomic E-state index is 0.231. The zero-order valence-corrected chi connectivity index (χ0v) is 11.1. The molecular formula is C15H23FN2. The Morgan fingerprint density at radius 3 is 2.61 bits per heavy atom. The van der Waals surface area contributed by atoms with Gasteiger partial charge in [0, 0.05) is 12.6 Å². The third-order valence-corrected chi connectivity index (χ3v) is 3.93. The van der Waals surface area contributed by atoms with Crippen molar-refractivity contribution in [3.8, 4) is 0 Å². The molecule has 0 bridgehead atoms. The van der Waals surface area contributed by atoms with Gasteiger partial charge >= 0.3 is 0 Å². The number of halogens is 1. The van der Waals surface area contributed by atoms with Gasteiger partial charge in [-0.25, -0.2) is 0 Å². The molecule has 1 aliphatic heterocycles. The fourth-order valence-electron chi connectivity index (χ4n) is 2.84. The van der Waals surface area contributed by atoms with Gasteiger partial charge in [-0.1, -0.05) is 24.3 Å². The predicted octanol–water partition coefficient (Wildman–Crippen LogP) is 2.54. The quantitative estimate of drug-likeness (QED) is 0.870. The molecule has 0 spiro atoms. The molecule has 1 aromatic carbocycles. The SMILES string of the molecule is CN1CC(CN)CC1c1ccc(CCCF)cc1. The van der Waals surface area contributed by atoms with Gasteiger partial charge in [0.1, 0.15) is 0 Å². The van der Waals surface area contributed by atoms with Gasteiger partial charge in [0.05, 0.1) is 6.67 Å². The van der Waals surface area contributed by atoms with Crippen LogP contribution >= 0.6 is 0 Å². The molecule has 3 heteroatoms. The molecular weight excluding hydrogens is 227 g/mol. The summed E-state index contributed by atoms with van der Waals surface area (Å²) in [6.45, 7) is 1.63. The summed E-state index contributed by atoms with van der Waals surface area (Å²) < 4.78 is 12.1. The summed E-state index contributed by atoms with van der Waals surface area (Å²) in [6.07, 6.45) is 2.61. The minimum Gasteiger partial charge on any atom is -0.330 e. The Hall–Kier alpha value is -0.930. The summed E-state index contributed by atoms with van der Waals surface area (Å²) in [5.41, 5.74) is 8.34. The van der Waals surface area contributed by atoms with Crippen LogP contribution in [0.5, 0.6) is 0 Å². The Morgan fingerprint density at radius 1 is 1.33 bits per heavy atom. The number of nitrogens with two attached hydrogens (primary N) is 1. The standard InChI is InChI=1S/C15H23FN2/c1-18-11-13(10-17)9-15(18)14-6-4-12(5-7-14)3-2-8-16/h4-7,13,15H,2-3,8-11,17H2,1H3. The number of likely N-dealkylation sites (tertiary alicyclic amines) is 1. The second-order valence-electron chi connectivity index (χ2n) is 5.33. The van der Waals surface area contributed by atoms with Crippen molar-refractivity contribution in [3.63, 3.8) is 0 Å². The van der Waals surface area contributed by atoms with Crippen LogP contribution in [0.25, 0.3) is 0 Å². The maximum absolute atomic E-state index is 12.1. The van der Waals surface area contributed by atoms with Gasteiger partial charge in [0.25, 0.3) is 0 Å². The van der Waals surface area contributed by atoms with Crippen LogP contribution in [0.2, 0.25) is 0 Å². The van der Waals surface area contributed by atoms with E-state index in [1.54, 1.807) is 0 Å². The third-order valence-electron chi connectivity index (χ3n) is 3.93. The fraction of sp³-hybridized carbons (Fsp3) is 0.600. The van der Waals surface area contributed by atoms with E-state index in [2.05, 4.69) is 36.2 Å². The van der Waals surface area contributed by atoms with Crippen molar-refractivity contribution in [2.45, 2.75) is 25.3 Å². The van der Waals surface area contributed by atoms with Gasteiger partial charge in [0.15, 0.2) is 0 Å². The lowest BCUT2D eigenvalue weighted by atomic mass is 9.98.